The minimum absolute atomic E-state index is 0.0191. The number of aryl methyl sites for hydroxylation is 1. The summed E-state index contributed by atoms with van der Waals surface area (Å²) in [7, 11) is 0. The van der Waals surface area contributed by atoms with Crippen LogP contribution in [0, 0.1) is 6.92 Å². The molecule has 1 saturated heterocycles. The van der Waals surface area contributed by atoms with Crippen LogP contribution in [0.4, 0.5) is 23.7 Å². The average molecular weight is 524 g/mol. The first-order chi connectivity index (χ1) is 18.2. The third kappa shape index (κ3) is 5.67. The number of anilines is 1. The quantitative estimate of drug-likeness (QED) is 0.478. The first-order valence-corrected chi connectivity index (χ1v) is 12.5. The Bertz CT molecular complexity index is 1350. The lowest BCUT2D eigenvalue weighted by atomic mass is 9.96. The van der Waals surface area contributed by atoms with Crippen molar-refractivity contribution in [2.75, 3.05) is 31.6 Å². The Labute approximate surface area is 218 Å². The number of halogens is 3. The molecule has 0 spiro atoms. The SMILES string of the molecule is Cc1ccc(-c2ccc(C(F)(F)F)cc2)c(C(=O)Nc2ccc3c(c2)CC(NC(=O)N2CCOCC2)C3)c1. The lowest BCUT2D eigenvalue weighted by molar-refractivity contribution is -0.137. The van der Waals surface area contributed by atoms with Crippen LogP contribution in [-0.4, -0.2) is 49.2 Å². The molecule has 9 heteroatoms. The number of alkyl halides is 3. The lowest BCUT2D eigenvalue weighted by Gasteiger charge is -2.28. The van der Waals surface area contributed by atoms with Crippen molar-refractivity contribution in [1.82, 2.24) is 10.2 Å². The molecule has 38 heavy (non-hydrogen) atoms. The predicted octanol–water partition coefficient (Wildman–Crippen LogP) is 5.44. The van der Waals surface area contributed by atoms with E-state index in [0.717, 1.165) is 35.2 Å². The summed E-state index contributed by atoms with van der Waals surface area (Å²) in [6.07, 6.45) is -3.05. The number of hydrogen-bond donors (Lipinski definition) is 2. The molecular weight excluding hydrogens is 495 g/mol. The zero-order valence-electron chi connectivity index (χ0n) is 20.9. The zero-order valence-corrected chi connectivity index (χ0v) is 20.9. The van der Waals surface area contributed by atoms with Crippen molar-refractivity contribution in [1.29, 1.82) is 0 Å². The molecule has 1 aliphatic heterocycles. The summed E-state index contributed by atoms with van der Waals surface area (Å²) in [4.78, 5) is 27.6. The van der Waals surface area contributed by atoms with E-state index in [2.05, 4.69) is 10.6 Å². The van der Waals surface area contributed by atoms with Crippen molar-refractivity contribution in [2.24, 2.45) is 0 Å². The number of carbonyl (C=O) groups is 2. The summed E-state index contributed by atoms with van der Waals surface area (Å²) < 4.78 is 44.3. The smallest absolute Gasteiger partial charge is 0.378 e. The molecule has 198 valence electrons. The number of amides is 3. The van der Waals surface area contributed by atoms with Crippen molar-refractivity contribution < 1.29 is 27.5 Å². The second-order valence-corrected chi connectivity index (χ2v) is 9.72. The normalized spacial score (nSPS) is 17.2. The van der Waals surface area contributed by atoms with E-state index in [-0.39, 0.29) is 18.0 Å². The van der Waals surface area contributed by atoms with Crippen molar-refractivity contribution in [3.63, 3.8) is 0 Å². The number of fused-ring (bicyclic) bond motifs is 1. The van der Waals surface area contributed by atoms with Crippen LogP contribution >= 0.6 is 0 Å². The lowest BCUT2D eigenvalue weighted by Crippen LogP contribution is -2.49. The maximum Gasteiger partial charge on any atom is 0.416 e. The maximum atomic E-state index is 13.3. The van der Waals surface area contributed by atoms with E-state index in [1.807, 2.05) is 31.2 Å². The molecule has 0 radical (unpaired) electrons. The van der Waals surface area contributed by atoms with Gasteiger partial charge in [-0.15, -0.1) is 0 Å². The van der Waals surface area contributed by atoms with E-state index < -0.39 is 11.7 Å². The molecule has 0 saturated carbocycles. The number of morpholine rings is 1. The predicted molar refractivity (Wildman–Crippen MR) is 138 cm³/mol. The Hall–Kier alpha value is -3.85. The van der Waals surface area contributed by atoms with E-state index in [0.29, 0.717) is 55.1 Å². The van der Waals surface area contributed by atoms with Crippen LogP contribution in [0.25, 0.3) is 11.1 Å². The first kappa shape index (κ1) is 25.8. The third-order valence-corrected chi connectivity index (χ3v) is 6.97. The number of rotatable bonds is 4. The van der Waals surface area contributed by atoms with Crippen molar-refractivity contribution in [3.05, 3.63) is 88.5 Å². The summed E-state index contributed by atoms with van der Waals surface area (Å²) >= 11 is 0. The molecule has 0 aromatic heterocycles. The fourth-order valence-electron chi connectivity index (χ4n) is 4.97. The van der Waals surface area contributed by atoms with Gasteiger partial charge in [-0.05, 0) is 72.4 Å². The Kier molecular flexibility index (Phi) is 7.12. The highest BCUT2D eigenvalue weighted by molar-refractivity contribution is 6.09. The summed E-state index contributed by atoms with van der Waals surface area (Å²) in [5.74, 6) is -0.348. The molecule has 6 nitrogen and oxygen atoms in total. The number of nitrogens with one attached hydrogen (secondary N) is 2. The van der Waals surface area contributed by atoms with Crippen LogP contribution in [0.2, 0.25) is 0 Å². The number of ether oxygens (including phenoxy) is 1. The first-order valence-electron chi connectivity index (χ1n) is 12.5. The van der Waals surface area contributed by atoms with Gasteiger partial charge in [-0.3, -0.25) is 4.79 Å². The molecular formula is C29H28F3N3O3. The number of carbonyl (C=O) groups excluding carboxylic acids is 2. The fourth-order valence-corrected chi connectivity index (χ4v) is 4.97. The Morgan fingerprint density at radius 1 is 0.921 bits per heavy atom. The van der Waals surface area contributed by atoms with Gasteiger partial charge in [0.05, 0.1) is 18.8 Å². The standard InChI is InChI=1S/C29H28F3N3O3/c1-18-2-9-25(19-3-6-22(7-4-19)29(30,31)32)26(14-18)27(36)33-23-8-5-20-15-24(17-21(20)16-23)34-28(37)35-10-12-38-13-11-35/h2-9,14,16,24H,10-13,15,17H2,1H3,(H,33,36)(H,34,37). The zero-order chi connectivity index (χ0) is 26.9. The summed E-state index contributed by atoms with van der Waals surface area (Å²) in [5.41, 5.74) is 4.37. The van der Waals surface area contributed by atoms with E-state index in [1.54, 1.807) is 17.0 Å². The molecule has 3 aromatic rings. The van der Waals surface area contributed by atoms with Gasteiger partial charge < -0.3 is 20.3 Å². The molecule has 1 aliphatic carbocycles. The number of hydrogen-bond acceptors (Lipinski definition) is 3. The van der Waals surface area contributed by atoms with Gasteiger partial charge in [-0.2, -0.15) is 13.2 Å². The van der Waals surface area contributed by atoms with Crippen LogP contribution in [0.3, 0.4) is 0 Å². The molecule has 1 atom stereocenters. The monoisotopic (exact) mass is 523 g/mol. The molecule has 5 rings (SSSR count). The molecule has 1 fully saturated rings. The molecule has 2 N–H and O–H groups in total. The van der Waals surface area contributed by atoms with E-state index in [1.165, 1.54) is 12.1 Å². The van der Waals surface area contributed by atoms with Crippen LogP contribution in [0.15, 0.2) is 60.7 Å². The van der Waals surface area contributed by atoms with Gasteiger partial charge in [0.25, 0.3) is 5.91 Å². The Morgan fingerprint density at radius 2 is 1.63 bits per heavy atom. The largest absolute Gasteiger partial charge is 0.416 e. The Morgan fingerprint density at radius 3 is 2.34 bits per heavy atom. The molecule has 3 aromatic carbocycles. The van der Waals surface area contributed by atoms with Crippen LogP contribution in [0.5, 0.6) is 0 Å². The highest BCUT2D eigenvalue weighted by Gasteiger charge is 2.30. The number of nitrogens with zero attached hydrogens (tertiary/aromatic N) is 1. The second kappa shape index (κ2) is 10.5. The van der Waals surface area contributed by atoms with Gasteiger partial charge in [0.15, 0.2) is 0 Å². The van der Waals surface area contributed by atoms with Crippen LogP contribution < -0.4 is 10.6 Å². The van der Waals surface area contributed by atoms with Crippen molar-refractivity contribution in [3.8, 4) is 11.1 Å². The topological polar surface area (TPSA) is 70.7 Å². The van der Waals surface area contributed by atoms with E-state index >= 15 is 0 Å². The van der Waals surface area contributed by atoms with Gasteiger partial charge in [0, 0.05) is 30.4 Å². The summed E-state index contributed by atoms with van der Waals surface area (Å²) in [6, 6.07) is 15.7. The van der Waals surface area contributed by atoms with Gasteiger partial charge in [0.2, 0.25) is 0 Å². The minimum Gasteiger partial charge on any atom is -0.378 e. The molecule has 1 heterocycles. The van der Waals surface area contributed by atoms with Gasteiger partial charge in [-0.25, -0.2) is 4.79 Å². The maximum absolute atomic E-state index is 13.3. The van der Waals surface area contributed by atoms with Gasteiger partial charge >= 0.3 is 12.2 Å². The average Bonchev–Trinajstić information content (AvgIpc) is 3.30. The van der Waals surface area contributed by atoms with Crippen molar-refractivity contribution >= 4 is 17.6 Å². The molecule has 3 amide bonds. The van der Waals surface area contributed by atoms with Crippen molar-refractivity contribution in [2.45, 2.75) is 32.0 Å². The third-order valence-electron chi connectivity index (χ3n) is 6.97. The fraction of sp³-hybridized carbons (Fsp3) is 0.310. The second-order valence-electron chi connectivity index (χ2n) is 9.72. The van der Waals surface area contributed by atoms with E-state index in [9.17, 15) is 22.8 Å². The van der Waals surface area contributed by atoms with Crippen LogP contribution in [-0.2, 0) is 23.8 Å². The van der Waals surface area contributed by atoms with E-state index in [4.69, 9.17) is 4.74 Å². The number of benzene rings is 3. The summed E-state index contributed by atoms with van der Waals surface area (Å²) in [5, 5.41) is 6.04. The van der Waals surface area contributed by atoms with Gasteiger partial charge in [-0.1, -0.05) is 35.9 Å². The minimum atomic E-state index is -4.43. The van der Waals surface area contributed by atoms with Gasteiger partial charge in [0.1, 0.15) is 0 Å². The molecule has 2 aliphatic rings. The Balaban J connectivity index is 1.29. The summed E-state index contributed by atoms with van der Waals surface area (Å²) in [6.45, 7) is 4.10. The van der Waals surface area contributed by atoms with Crippen LogP contribution in [0.1, 0.15) is 32.6 Å². The highest BCUT2D eigenvalue weighted by Crippen LogP contribution is 2.33. The number of urea groups is 1. The molecule has 0 bridgehead atoms. The molecule has 1 unspecified atom stereocenters. The highest BCUT2D eigenvalue weighted by atomic mass is 19.4.